The van der Waals surface area contributed by atoms with Gasteiger partial charge >= 0.3 is 0 Å². The third-order valence-electron chi connectivity index (χ3n) is 3.10. The van der Waals surface area contributed by atoms with E-state index < -0.39 is 8.15 Å². The molecule has 2 rings (SSSR count). The first kappa shape index (κ1) is 22.3. The normalized spacial score (nSPS) is 24.3. The second-order valence-electron chi connectivity index (χ2n) is 4.83. The summed E-state index contributed by atoms with van der Waals surface area (Å²) in [5.41, 5.74) is 1.18. The van der Waals surface area contributed by atoms with Crippen LogP contribution in [0.4, 0.5) is 0 Å². The van der Waals surface area contributed by atoms with Crippen LogP contribution in [0, 0.1) is 0 Å². The summed E-state index contributed by atoms with van der Waals surface area (Å²) in [4.78, 5) is 9.34. The van der Waals surface area contributed by atoms with Gasteiger partial charge in [0.1, 0.15) is 6.10 Å². The fourth-order valence-corrected chi connectivity index (χ4v) is 2.59. The van der Waals surface area contributed by atoms with Crippen molar-refractivity contribution in [2.24, 2.45) is 0 Å². The Labute approximate surface area is 143 Å². The van der Waals surface area contributed by atoms with Crippen molar-refractivity contribution in [3.63, 3.8) is 0 Å². The predicted octanol–water partition coefficient (Wildman–Crippen LogP) is 3.53. The summed E-state index contributed by atoms with van der Waals surface area (Å²) >= 11 is 0. The van der Waals surface area contributed by atoms with E-state index in [9.17, 15) is 4.89 Å². The van der Waals surface area contributed by atoms with E-state index in [0.717, 1.165) is 6.42 Å². The van der Waals surface area contributed by atoms with E-state index in [1.165, 1.54) is 12.4 Å². The highest BCUT2D eigenvalue weighted by atomic mass is 31.1. The minimum Gasteiger partial charge on any atom is -0.388 e. The van der Waals surface area contributed by atoms with Gasteiger partial charge in [0.25, 0.3) is 0 Å². The first-order chi connectivity index (χ1) is 11.1. The summed E-state index contributed by atoms with van der Waals surface area (Å²) in [5, 5.41) is 0. The highest BCUT2D eigenvalue weighted by Crippen LogP contribution is 2.36. The van der Waals surface area contributed by atoms with Crippen molar-refractivity contribution in [1.29, 1.82) is 0 Å². The summed E-state index contributed by atoms with van der Waals surface area (Å²) < 4.78 is 15.7. The quantitative estimate of drug-likeness (QED) is 0.674. The zero-order valence-corrected chi connectivity index (χ0v) is 15.6. The Hall–Kier alpha value is -0.705. The molecule has 1 saturated heterocycles. The molecule has 0 spiro atoms. The van der Waals surface area contributed by atoms with Gasteiger partial charge in [-0.1, -0.05) is 43.2 Å². The molecule has 0 saturated carbocycles. The molecule has 1 aliphatic heterocycles. The molecule has 4 atom stereocenters. The molecule has 4 nitrogen and oxygen atoms in total. The summed E-state index contributed by atoms with van der Waals surface area (Å²) in [6, 6.07) is 10.2. The Kier molecular flexibility index (Phi) is 13.3. The van der Waals surface area contributed by atoms with Crippen LogP contribution in [0.25, 0.3) is 0 Å². The molecule has 128 valence electrons. The van der Waals surface area contributed by atoms with Crippen LogP contribution < -0.4 is 0 Å². The Morgan fingerprint density at radius 2 is 1.78 bits per heavy atom. The lowest BCUT2D eigenvalue weighted by Crippen LogP contribution is -2.20. The van der Waals surface area contributed by atoms with E-state index in [2.05, 4.69) is 24.7 Å². The van der Waals surface area contributed by atoms with Crippen molar-refractivity contribution < 1.29 is 19.1 Å². The summed E-state index contributed by atoms with van der Waals surface area (Å²) in [6.45, 7) is 3.29. The molecule has 0 aromatic heterocycles. The fourth-order valence-electron chi connectivity index (χ4n) is 2.17. The van der Waals surface area contributed by atoms with Crippen molar-refractivity contribution in [3.8, 4) is 0 Å². The third-order valence-corrected chi connectivity index (χ3v) is 3.70. The average molecular weight is 338 g/mol. The topological polar surface area (TPSA) is 47.9 Å². The van der Waals surface area contributed by atoms with Gasteiger partial charge in [-0.2, -0.15) is 0 Å². The third kappa shape index (κ3) is 8.64. The first-order valence-corrected chi connectivity index (χ1v) is 9.24. The van der Waals surface area contributed by atoms with Crippen molar-refractivity contribution in [2.75, 3.05) is 28.0 Å². The molecule has 1 aromatic carbocycles. The molecule has 2 unspecified atom stereocenters. The Balaban J connectivity index is 0.000000868. The molecule has 1 aliphatic rings. The van der Waals surface area contributed by atoms with Crippen molar-refractivity contribution in [3.05, 3.63) is 47.8 Å². The zero-order chi connectivity index (χ0) is 17.7. The highest BCUT2D eigenvalue weighted by molar-refractivity contribution is 7.54. The van der Waals surface area contributed by atoms with Crippen LogP contribution in [0.2, 0.25) is 6.82 Å². The summed E-state index contributed by atoms with van der Waals surface area (Å²) in [6.07, 6.45) is 2.83. The number of benzene rings is 1. The zero-order valence-electron chi connectivity index (χ0n) is 14.7. The van der Waals surface area contributed by atoms with Crippen LogP contribution in [-0.2, 0) is 14.2 Å². The molecule has 23 heavy (non-hydrogen) atoms. The maximum atomic E-state index is 9.34. The van der Waals surface area contributed by atoms with Gasteiger partial charge in [-0.05, 0) is 18.0 Å². The van der Waals surface area contributed by atoms with Gasteiger partial charge in [0, 0.05) is 35.9 Å². The molecule has 0 aliphatic carbocycles. The minimum atomic E-state index is -1.03. The number of rotatable bonds is 4. The second-order valence-corrected chi connectivity index (χ2v) is 6.28. The predicted molar refractivity (Wildman–Crippen MR) is 98.2 cm³/mol. The lowest BCUT2D eigenvalue weighted by Gasteiger charge is -2.13. The van der Waals surface area contributed by atoms with Crippen molar-refractivity contribution in [2.45, 2.75) is 31.6 Å². The largest absolute Gasteiger partial charge is 0.388 e. The van der Waals surface area contributed by atoms with Gasteiger partial charge in [0.15, 0.2) is 0 Å². The van der Waals surface area contributed by atoms with Crippen molar-refractivity contribution >= 4 is 16.0 Å². The van der Waals surface area contributed by atoms with E-state index in [1.807, 2.05) is 24.3 Å². The summed E-state index contributed by atoms with van der Waals surface area (Å²) in [5.74, 6) is 1.80. The molecule has 1 heterocycles. The van der Waals surface area contributed by atoms with E-state index in [4.69, 9.17) is 9.47 Å². The van der Waals surface area contributed by atoms with Gasteiger partial charge < -0.3 is 19.1 Å². The van der Waals surface area contributed by atoms with Crippen LogP contribution in [0.1, 0.15) is 18.1 Å². The first-order valence-electron chi connectivity index (χ1n) is 7.43. The maximum Gasteiger partial charge on any atom is 0.103 e. The average Bonchev–Trinajstić information content (AvgIpc) is 3.00. The molecule has 6 heteroatoms. The van der Waals surface area contributed by atoms with E-state index >= 15 is 0 Å². The van der Waals surface area contributed by atoms with Gasteiger partial charge in [0.05, 0.1) is 20.1 Å². The number of hydrogen-bond acceptors (Lipinski definition) is 4. The molecule has 2 radical (unpaired) electrons. The second kappa shape index (κ2) is 13.7. The van der Waals surface area contributed by atoms with Gasteiger partial charge in [-0.25, -0.2) is 0 Å². The van der Waals surface area contributed by atoms with E-state index in [0.29, 0.717) is 0 Å². The van der Waals surface area contributed by atoms with Gasteiger partial charge in [-0.3, -0.25) is 0 Å². The van der Waals surface area contributed by atoms with Crippen LogP contribution in [0.5, 0.6) is 0 Å². The molecule has 1 aromatic rings. The van der Waals surface area contributed by atoms with Crippen LogP contribution in [0.15, 0.2) is 42.2 Å². The molecular formula is C17H28BO4P. The van der Waals surface area contributed by atoms with Crippen LogP contribution in [0.3, 0.4) is 0 Å². The Morgan fingerprint density at radius 1 is 1.22 bits per heavy atom. The highest BCUT2D eigenvalue weighted by Gasteiger charge is 2.34. The van der Waals surface area contributed by atoms with Crippen LogP contribution >= 0.6 is 8.15 Å². The number of methoxy groups -OCH3 is 2. The number of ether oxygens (including phenoxy) is 3. The lowest BCUT2D eigenvalue weighted by atomic mass is 10.0. The van der Waals surface area contributed by atoms with Gasteiger partial charge in [-0.15, -0.1) is 0 Å². The summed E-state index contributed by atoms with van der Waals surface area (Å²) in [7, 11) is 8.43. The standard InChI is InChI=1S/C14H19O3P.C2H6O.CH3B/c1-16-14-10-13(11-6-4-3-5-7-11)17-12(14)8-9-18(2)15;1-3-2;1-2/h3-9,12-15H,10H2,1-2H3;1-2H3;1H3/b9-8+;;/t12-,13?,14+,18?;;/m1../s1. The van der Waals surface area contributed by atoms with Crippen LogP contribution in [-0.4, -0.2) is 52.9 Å². The molecule has 1 fully saturated rings. The van der Waals surface area contributed by atoms with E-state index in [-0.39, 0.29) is 18.3 Å². The lowest BCUT2D eigenvalue weighted by molar-refractivity contribution is 0.0220. The number of hydrogen-bond donors (Lipinski definition) is 1. The van der Waals surface area contributed by atoms with E-state index in [1.54, 1.807) is 33.8 Å². The van der Waals surface area contributed by atoms with Crippen molar-refractivity contribution in [1.82, 2.24) is 0 Å². The smallest absolute Gasteiger partial charge is 0.103 e. The molecular weight excluding hydrogens is 310 g/mol. The molecule has 0 amide bonds. The Bertz CT molecular complexity index is 414. The maximum absolute atomic E-state index is 9.34. The monoisotopic (exact) mass is 338 g/mol. The SMILES string of the molecule is COC.CO[C@H]1CC(c2ccccc2)O[C@@H]1/C=C/P(C)O.[B]C. The Morgan fingerprint density at radius 3 is 2.26 bits per heavy atom. The fraction of sp³-hybridized carbons (Fsp3) is 0.529. The molecule has 0 bridgehead atoms. The molecule has 1 N–H and O–H groups in total. The minimum absolute atomic E-state index is 0.0569. The van der Waals surface area contributed by atoms with Gasteiger partial charge in [0.2, 0.25) is 0 Å².